The highest BCUT2D eigenvalue weighted by Gasteiger charge is 2.44. The molecule has 3 fully saturated rings. The number of rotatable bonds is 4. The lowest BCUT2D eigenvalue weighted by Crippen LogP contribution is -2.48. The lowest BCUT2D eigenvalue weighted by Gasteiger charge is -2.39. The van der Waals surface area contributed by atoms with Gasteiger partial charge in [0.2, 0.25) is 5.95 Å². The predicted molar refractivity (Wildman–Crippen MR) is 79.2 cm³/mol. The summed E-state index contributed by atoms with van der Waals surface area (Å²) in [6.45, 7) is 3.58. The van der Waals surface area contributed by atoms with E-state index in [0.717, 1.165) is 57.4 Å². The van der Waals surface area contributed by atoms with E-state index in [9.17, 15) is 0 Å². The van der Waals surface area contributed by atoms with Gasteiger partial charge in [0.25, 0.3) is 0 Å². The van der Waals surface area contributed by atoms with Crippen molar-refractivity contribution >= 4 is 5.95 Å². The molecular weight excluding hydrogens is 266 g/mol. The van der Waals surface area contributed by atoms with Gasteiger partial charge in [0.1, 0.15) is 0 Å². The highest BCUT2D eigenvalue weighted by molar-refractivity contribution is 5.31. The quantitative estimate of drug-likeness (QED) is 0.849. The summed E-state index contributed by atoms with van der Waals surface area (Å²) < 4.78 is 12.2. The number of ether oxygens (including phenoxy) is 2. The number of nitrogens with zero attached hydrogens (tertiary/aromatic N) is 3. The Balaban J connectivity index is 1.38. The van der Waals surface area contributed by atoms with Gasteiger partial charge >= 0.3 is 0 Å². The van der Waals surface area contributed by atoms with E-state index in [1.54, 1.807) is 12.4 Å². The van der Waals surface area contributed by atoms with Gasteiger partial charge in [0, 0.05) is 38.5 Å². The second-order valence-corrected chi connectivity index (χ2v) is 6.67. The van der Waals surface area contributed by atoms with Gasteiger partial charge in [-0.1, -0.05) is 0 Å². The molecule has 1 saturated carbocycles. The van der Waals surface area contributed by atoms with E-state index in [1.165, 1.54) is 12.8 Å². The molecule has 0 radical (unpaired) electrons. The van der Waals surface area contributed by atoms with Crippen LogP contribution in [-0.2, 0) is 9.47 Å². The first-order valence-corrected chi connectivity index (χ1v) is 8.11. The fourth-order valence-corrected chi connectivity index (χ4v) is 3.47. The second-order valence-electron chi connectivity index (χ2n) is 6.67. The smallest absolute Gasteiger partial charge is 0.225 e. The van der Waals surface area contributed by atoms with Crippen LogP contribution in [0.1, 0.15) is 32.1 Å². The van der Waals surface area contributed by atoms with Crippen molar-refractivity contribution in [2.45, 2.75) is 43.8 Å². The van der Waals surface area contributed by atoms with Gasteiger partial charge in [-0.25, -0.2) is 9.97 Å². The minimum atomic E-state index is -0.0499. The van der Waals surface area contributed by atoms with Gasteiger partial charge in [-0.3, -0.25) is 0 Å². The van der Waals surface area contributed by atoms with Crippen molar-refractivity contribution in [3.05, 3.63) is 18.5 Å². The summed E-state index contributed by atoms with van der Waals surface area (Å²) in [5.74, 6) is 1.64. The molecule has 1 aromatic rings. The summed E-state index contributed by atoms with van der Waals surface area (Å²) in [4.78, 5) is 11.0. The van der Waals surface area contributed by atoms with E-state index in [4.69, 9.17) is 9.47 Å². The Bertz CT molecular complexity index is 480. The van der Waals surface area contributed by atoms with Crippen LogP contribution in [0.15, 0.2) is 18.5 Å². The molecule has 0 bridgehead atoms. The van der Waals surface area contributed by atoms with Crippen LogP contribution in [0, 0.1) is 5.92 Å². The van der Waals surface area contributed by atoms with Crippen LogP contribution in [0.4, 0.5) is 5.95 Å². The molecule has 0 amide bonds. The van der Waals surface area contributed by atoms with Crippen molar-refractivity contribution in [2.75, 3.05) is 31.2 Å². The molecule has 5 nitrogen and oxygen atoms in total. The summed E-state index contributed by atoms with van der Waals surface area (Å²) >= 11 is 0. The van der Waals surface area contributed by atoms with Gasteiger partial charge in [0.05, 0.1) is 18.3 Å². The second kappa shape index (κ2) is 5.54. The molecule has 1 spiro atoms. The van der Waals surface area contributed by atoms with Gasteiger partial charge < -0.3 is 14.4 Å². The van der Waals surface area contributed by atoms with Gasteiger partial charge in [-0.05, 0) is 37.7 Å². The standard InChI is InChI=1S/C16H23N3O2/c1-5-16(9-14(11-21-16)20-10-13-3-4-13)12-19(8-1)15-17-6-2-7-18-15/h2,6-7,13-14H,1,3-5,8-12H2. The van der Waals surface area contributed by atoms with Crippen LogP contribution in [0.5, 0.6) is 0 Å². The SMILES string of the molecule is c1cnc(N2CCCC3(CC(OCC4CC4)CO3)C2)nc1. The first kappa shape index (κ1) is 13.5. The average Bonchev–Trinajstić information content (AvgIpc) is 3.29. The molecule has 5 heteroatoms. The van der Waals surface area contributed by atoms with E-state index < -0.39 is 0 Å². The predicted octanol–water partition coefficient (Wildman–Crippen LogP) is 2.03. The Hall–Kier alpha value is -1.20. The molecule has 2 aliphatic heterocycles. The van der Waals surface area contributed by atoms with Crippen LogP contribution in [0.3, 0.4) is 0 Å². The fourth-order valence-electron chi connectivity index (χ4n) is 3.47. The van der Waals surface area contributed by atoms with Gasteiger partial charge in [-0.2, -0.15) is 0 Å². The van der Waals surface area contributed by atoms with E-state index >= 15 is 0 Å². The van der Waals surface area contributed by atoms with E-state index in [-0.39, 0.29) is 11.7 Å². The van der Waals surface area contributed by atoms with Crippen molar-refractivity contribution in [2.24, 2.45) is 5.92 Å². The normalized spacial score (nSPS) is 32.8. The fraction of sp³-hybridized carbons (Fsp3) is 0.750. The van der Waals surface area contributed by atoms with Crippen molar-refractivity contribution in [3.63, 3.8) is 0 Å². The van der Waals surface area contributed by atoms with E-state index in [0.29, 0.717) is 0 Å². The highest BCUT2D eigenvalue weighted by Crippen LogP contribution is 2.37. The monoisotopic (exact) mass is 289 g/mol. The summed E-state index contributed by atoms with van der Waals surface area (Å²) in [7, 11) is 0. The largest absolute Gasteiger partial charge is 0.375 e. The Morgan fingerprint density at radius 1 is 1.33 bits per heavy atom. The third-order valence-corrected chi connectivity index (χ3v) is 4.81. The highest BCUT2D eigenvalue weighted by atomic mass is 16.6. The molecular formula is C16H23N3O2. The zero-order valence-electron chi connectivity index (χ0n) is 12.4. The zero-order valence-corrected chi connectivity index (χ0v) is 12.4. The van der Waals surface area contributed by atoms with Crippen molar-refractivity contribution in [1.29, 1.82) is 0 Å². The first-order chi connectivity index (χ1) is 10.3. The molecule has 0 N–H and O–H groups in total. The van der Waals surface area contributed by atoms with Gasteiger partial charge in [-0.15, -0.1) is 0 Å². The number of aromatic nitrogens is 2. The number of hydrogen-bond donors (Lipinski definition) is 0. The van der Waals surface area contributed by atoms with Crippen LogP contribution < -0.4 is 4.90 Å². The van der Waals surface area contributed by atoms with E-state index in [2.05, 4.69) is 14.9 Å². The molecule has 3 aliphatic rings. The molecule has 4 rings (SSSR count). The first-order valence-electron chi connectivity index (χ1n) is 8.11. The molecule has 21 heavy (non-hydrogen) atoms. The molecule has 2 unspecified atom stereocenters. The van der Waals surface area contributed by atoms with Crippen molar-refractivity contribution in [3.8, 4) is 0 Å². The Morgan fingerprint density at radius 2 is 2.19 bits per heavy atom. The minimum Gasteiger partial charge on any atom is -0.375 e. The molecule has 114 valence electrons. The Labute approximate surface area is 125 Å². The third-order valence-electron chi connectivity index (χ3n) is 4.81. The van der Waals surface area contributed by atoms with E-state index in [1.807, 2.05) is 6.07 Å². The van der Waals surface area contributed by atoms with Crippen LogP contribution in [0.2, 0.25) is 0 Å². The summed E-state index contributed by atoms with van der Waals surface area (Å²) in [6, 6.07) is 1.86. The maximum atomic E-state index is 6.18. The Morgan fingerprint density at radius 3 is 3.00 bits per heavy atom. The zero-order chi connectivity index (χ0) is 14.1. The minimum absolute atomic E-state index is 0.0499. The molecule has 3 heterocycles. The number of piperidine rings is 1. The maximum Gasteiger partial charge on any atom is 0.225 e. The maximum absolute atomic E-state index is 6.18. The lowest BCUT2D eigenvalue weighted by molar-refractivity contribution is -0.0131. The molecule has 1 aliphatic carbocycles. The van der Waals surface area contributed by atoms with Crippen LogP contribution >= 0.6 is 0 Å². The summed E-state index contributed by atoms with van der Waals surface area (Å²) in [5, 5.41) is 0. The summed E-state index contributed by atoms with van der Waals surface area (Å²) in [6.07, 6.45) is 9.86. The van der Waals surface area contributed by atoms with Crippen LogP contribution in [-0.4, -0.2) is 48.0 Å². The molecule has 2 atom stereocenters. The number of anilines is 1. The van der Waals surface area contributed by atoms with Crippen molar-refractivity contribution < 1.29 is 9.47 Å². The van der Waals surface area contributed by atoms with Gasteiger partial charge in [0.15, 0.2) is 0 Å². The topological polar surface area (TPSA) is 47.5 Å². The number of hydrogen-bond acceptors (Lipinski definition) is 5. The average molecular weight is 289 g/mol. The lowest BCUT2D eigenvalue weighted by atomic mass is 9.89. The Kier molecular flexibility index (Phi) is 3.55. The molecule has 0 aromatic carbocycles. The third kappa shape index (κ3) is 3.04. The van der Waals surface area contributed by atoms with Crippen molar-refractivity contribution in [1.82, 2.24) is 9.97 Å². The molecule has 1 aromatic heterocycles. The van der Waals surface area contributed by atoms with Crippen LogP contribution in [0.25, 0.3) is 0 Å². The summed E-state index contributed by atoms with van der Waals surface area (Å²) in [5.41, 5.74) is -0.0499. The molecule has 2 saturated heterocycles.